The highest BCUT2D eigenvalue weighted by atomic mass is 32.2. The quantitative estimate of drug-likeness (QED) is 0.743. The second-order valence-electron chi connectivity index (χ2n) is 5.15. The zero-order chi connectivity index (χ0) is 12.2. The lowest BCUT2D eigenvalue weighted by molar-refractivity contribution is -0.123. The first kappa shape index (κ1) is 14.7. The van der Waals surface area contributed by atoms with Crippen LogP contribution in [-0.2, 0) is 9.59 Å². The number of Topliss-reactive ketones (excluding diaryl/α,β-unsaturated/α-hetero) is 1. The molecular formula is C12H22O2S. The summed E-state index contributed by atoms with van der Waals surface area (Å²) in [6, 6.07) is 0. The Kier molecular flexibility index (Phi) is 5.57. The van der Waals surface area contributed by atoms with Crippen LogP contribution in [0.25, 0.3) is 0 Å². The largest absolute Gasteiger partial charge is 0.298 e. The number of carbonyl (C=O) groups excluding carboxylic acids is 2. The molecule has 2 nitrogen and oxygen atoms in total. The van der Waals surface area contributed by atoms with Gasteiger partial charge in [-0.15, -0.1) is 0 Å². The molecule has 15 heavy (non-hydrogen) atoms. The number of rotatable bonds is 4. The molecule has 0 radical (unpaired) electrons. The van der Waals surface area contributed by atoms with Crippen LogP contribution in [0, 0.1) is 11.3 Å². The molecule has 0 saturated heterocycles. The van der Waals surface area contributed by atoms with Gasteiger partial charge in [0.15, 0.2) is 5.12 Å². The van der Waals surface area contributed by atoms with E-state index in [4.69, 9.17) is 0 Å². The summed E-state index contributed by atoms with van der Waals surface area (Å²) in [5.41, 5.74) is -0.156. The van der Waals surface area contributed by atoms with E-state index < -0.39 is 0 Å². The topological polar surface area (TPSA) is 34.1 Å². The minimum absolute atomic E-state index is 0.00798. The maximum Gasteiger partial charge on any atom is 0.189 e. The van der Waals surface area contributed by atoms with Crippen molar-refractivity contribution in [2.75, 3.05) is 0 Å². The molecule has 88 valence electrons. The number of hydrogen-bond donors (Lipinski definition) is 0. The predicted octanol–water partition coefficient (Wildman–Crippen LogP) is 3.30. The van der Waals surface area contributed by atoms with E-state index in [0.717, 1.165) is 0 Å². The van der Waals surface area contributed by atoms with Crippen molar-refractivity contribution in [2.45, 2.75) is 53.2 Å². The SMILES string of the molecule is CCC(=O)SC(C(=O)C(C)C)C(C)(C)C. The Labute approximate surface area is 97.2 Å². The van der Waals surface area contributed by atoms with Crippen LogP contribution in [0.5, 0.6) is 0 Å². The zero-order valence-electron chi connectivity index (χ0n) is 10.6. The molecule has 0 aromatic rings. The fraction of sp³-hybridized carbons (Fsp3) is 0.833. The predicted molar refractivity (Wildman–Crippen MR) is 66.0 cm³/mol. The Morgan fingerprint density at radius 2 is 1.67 bits per heavy atom. The lowest BCUT2D eigenvalue weighted by Gasteiger charge is -2.29. The Balaban J connectivity index is 4.75. The van der Waals surface area contributed by atoms with Gasteiger partial charge < -0.3 is 0 Å². The van der Waals surface area contributed by atoms with Crippen LogP contribution >= 0.6 is 11.8 Å². The summed E-state index contributed by atoms with van der Waals surface area (Å²) in [5.74, 6) is 0.167. The summed E-state index contributed by atoms with van der Waals surface area (Å²) in [4.78, 5) is 23.4. The average Bonchev–Trinajstić information content (AvgIpc) is 2.10. The van der Waals surface area contributed by atoms with Gasteiger partial charge in [0.05, 0.1) is 5.25 Å². The van der Waals surface area contributed by atoms with Gasteiger partial charge in [-0.3, -0.25) is 9.59 Å². The molecular weight excluding hydrogens is 208 g/mol. The standard InChI is InChI=1S/C12H22O2S/c1-7-9(13)15-11(12(4,5)6)10(14)8(2)3/h8,11H,7H2,1-6H3. The monoisotopic (exact) mass is 230 g/mol. The number of hydrogen-bond acceptors (Lipinski definition) is 3. The highest BCUT2D eigenvalue weighted by Crippen LogP contribution is 2.33. The van der Waals surface area contributed by atoms with E-state index in [9.17, 15) is 9.59 Å². The maximum atomic E-state index is 12.0. The van der Waals surface area contributed by atoms with E-state index >= 15 is 0 Å². The Morgan fingerprint density at radius 1 is 1.20 bits per heavy atom. The molecule has 0 heterocycles. The summed E-state index contributed by atoms with van der Waals surface area (Å²) in [6.45, 7) is 11.6. The molecule has 0 bridgehead atoms. The summed E-state index contributed by atoms with van der Waals surface area (Å²) in [5, 5.41) is -0.117. The molecule has 0 saturated carbocycles. The zero-order valence-corrected chi connectivity index (χ0v) is 11.4. The molecule has 1 unspecified atom stereocenters. The van der Waals surface area contributed by atoms with E-state index in [1.165, 1.54) is 11.8 Å². The van der Waals surface area contributed by atoms with Gasteiger partial charge in [0, 0.05) is 12.3 Å². The molecule has 0 spiro atoms. The highest BCUT2D eigenvalue weighted by molar-refractivity contribution is 8.14. The molecule has 0 aliphatic carbocycles. The number of ketones is 1. The Morgan fingerprint density at radius 3 is 1.93 bits per heavy atom. The molecule has 0 rings (SSSR count). The summed E-state index contributed by atoms with van der Waals surface area (Å²) >= 11 is 1.20. The van der Waals surface area contributed by atoms with E-state index in [2.05, 4.69) is 0 Å². The first-order valence-electron chi connectivity index (χ1n) is 5.43. The third-order valence-electron chi connectivity index (χ3n) is 2.15. The van der Waals surface area contributed by atoms with Gasteiger partial charge in [0.1, 0.15) is 5.78 Å². The molecule has 3 heteroatoms. The number of thioether (sulfide) groups is 1. The molecule has 0 aromatic heterocycles. The maximum absolute atomic E-state index is 12.0. The van der Waals surface area contributed by atoms with Gasteiger partial charge in [-0.2, -0.15) is 0 Å². The van der Waals surface area contributed by atoms with Crippen LogP contribution in [0.15, 0.2) is 0 Å². The van der Waals surface area contributed by atoms with Crippen molar-refractivity contribution in [1.82, 2.24) is 0 Å². The fourth-order valence-electron chi connectivity index (χ4n) is 1.18. The third-order valence-corrected chi connectivity index (χ3v) is 3.88. The molecule has 0 aliphatic heterocycles. The van der Waals surface area contributed by atoms with Gasteiger partial charge in [-0.1, -0.05) is 53.3 Å². The highest BCUT2D eigenvalue weighted by Gasteiger charge is 2.34. The molecule has 0 amide bonds. The van der Waals surface area contributed by atoms with Gasteiger partial charge in [0.2, 0.25) is 0 Å². The van der Waals surface area contributed by atoms with Crippen LogP contribution in [-0.4, -0.2) is 16.1 Å². The van der Waals surface area contributed by atoms with Crippen LogP contribution < -0.4 is 0 Å². The second kappa shape index (κ2) is 5.69. The van der Waals surface area contributed by atoms with Crippen molar-refractivity contribution in [3.8, 4) is 0 Å². The van der Waals surface area contributed by atoms with Crippen molar-refractivity contribution in [2.24, 2.45) is 11.3 Å². The van der Waals surface area contributed by atoms with E-state index in [0.29, 0.717) is 6.42 Å². The normalized spacial score (nSPS) is 14.1. The molecule has 0 aromatic carbocycles. The lowest BCUT2D eigenvalue weighted by atomic mass is 9.86. The van der Waals surface area contributed by atoms with Gasteiger partial charge in [0.25, 0.3) is 0 Å². The van der Waals surface area contributed by atoms with Crippen LogP contribution in [0.3, 0.4) is 0 Å². The third kappa shape index (κ3) is 4.83. The van der Waals surface area contributed by atoms with E-state index in [-0.39, 0.29) is 27.5 Å². The smallest absolute Gasteiger partial charge is 0.189 e. The van der Waals surface area contributed by atoms with Crippen molar-refractivity contribution < 1.29 is 9.59 Å². The molecule has 0 aliphatic rings. The molecule has 0 fully saturated rings. The van der Waals surface area contributed by atoms with Gasteiger partial charge in [-0.25, -0.2) is 0 Å². The van der Waals surface area contributed by atoms with Gasteiger partial charge >= 0.3 is 0 Å². The van der Waals surface area contributed by atoms with Crippen molar-refractivity contribution in [3.05, 3.63) is 0 Å². The molecule has 1 atom stereocenters. The van der Waals surface area contributed by atoms with E-state index in [1.807, 2.05) is 41.5 Å². The first-order chi connectivity index (χ1) is 6.70. The van der Waals surface area contributed by atoms with E-state index in [1.54, 1.807) is 0 Å². The van der Waals surface area contributed by atoms with Crippen LogP contribution in [0.2, 0.25) is 0 Å². The Bertz CT molecular complexity index is 238. The average molecular weight is 230 g/mol. The summed E-state index contributed by atoms with van der Waals surface area (Å²) in [7, 11) is 0. The van der Waals surface area contributed by atoms with Crippen molar-refractivity contribution in [3.63, 3.8) is 0 Å². The minimum Gasteiger partial charge on any atom is -0.298 e. The summed E-state index contributed by atoms with van der Waals surface area (Å²) < 4.78 is 0. The second-order valence-corrected chi connectivity index (χ2v) is 6.31. The number of carbonyl (C=O) groups is 2. The van der Waals surface area contributed by atoms with Crippen LogP contribution in [0.1, 0.15) is 48.0 Å². The van der Waals surface area contributed by atoms with Crippen LogP contribution in [0.4, 0.5) is 0 Å². The fourth-order valence-corrected chi connectivity index (χ4v) is 2.35. The lowest BCUT2D eigenvalue weighted by Crippen LogP contribution is -2.35. The van der Waals surface area contributed by atoms with Gasteiger partial charge in [-0.05, 0) is 5.41 Å². The van der Waals surface area contributed by atoms with Crippen molar-refractivity contribution in [1.29, 1.82) is 0 Å². The Hall–Kier alpha value is -0.310. The minimum atomic E-state index is -0.218. The van der Waals surface area contributed by atoms with Crippen molar-refractivity contribution >= 4 is 22.7 Å². The molecule has 0 N–H and O–H groups in total. The first-order valence-corrected chi connectivity index (χ1v) is 6.31. The summed E-state index contributed by atoms with van der Waals surface area (Å²) in [6.07, 6.45) is 0.489.